The molecule has 1 aromatic heterocycles. The quantitative estimate of drug-likeness (QED) is 0.665. The van der Waals surface area contributed by atoms with E-state index in [4.69, 9.17) is 0 Å². The molecule has 2 heterocycles. The lowest BCUT2D eigenvalue weighted by atomic mass is 9.86. The Hall–Kier alpha value is -4.05. The maximum atomic E-state index is 14.5. The maximum Gasteiger partial charge on any atom is 0.259 e. The molecule has 33 heavy (non-hydrogen) atoms. The van der Waals surface area contributed by atoms with Crippen molar-refractivity contribution in [2.75, 3.05) is 18.5 Å². The summed E-state index contributed by atoms with van der Waals surface area (Å²) in [5.41, 5.74) is 5.64. The first-order chi connectivity index (χ1) is 15.8. The Kier molecular flexibility index (Phi) is 5.93. The van der Waals surface area contributed by atoms with Crippen LogP contribution in [0.5, 0.6) is 0 Å². The van der Waals surface area contributed by atoms with Gasteiger partial charge in [-0.25, -0.2) is 9.37 Å². The molecule has 7 heteroatoms. The highest BCUT2D eigenvalue weighted by Crippen LogP contribution is 2.31. The van der Waals surface area contributed by atoms with Gasteiger partial charge in [0.2, 0.25) is 0 Å². The molecule has 0 radical (unpaired) electrons. The van der Waals surface area contributed by atoms with Crippen LogP contribution in [-0.4, -0.2) is 30.4 Å². The molecule has 4 rings (SSSR count). The van der Waals surface area contributed by atoms with E-state index in [9.17, 15) is 19.2 Å². The Morgan fingerprint density at radius 3 is 2.73 bits per heavy atom. The first-order valence-corrected chi connectivity index (χ1v) is 10.6. The van der Waals surface area contributed by atoms with Crippen LogP contribution < -0.4 is 10.2 Å². The van der Waals surface area contributed by atoms with E-state index >= 15 is 0 Å². The molecule has 166 valence electrons. The third-order valence-electron chi connectivity index (χ3n) is 6.26. The highest BCUT2D eigenvalue weighted by atomic mass is 19.1. The minimum atomic E-state index is -0.583. The van der Waals surface area contributed by atoms with Crippen LogP contribution in [0.15, 0.2) is 42.6 Å². The third-order valence-corrected chi connectivity index (χ3v) is 6.26. The van der Waals surface area contributed by atoms with Gasteiger partial charge in [-0.15, -0.1) is 0 Å². The average molecular weight is 442 g/mol. The molecular weight excluding hydrogens is 419 g/mol. The van der Waals surface area contributed by atoms with Crippen molar-refractivity contribution in [3.05, 3.63) is 92.9 Å². The summed E-state index contributed by atoms with van der Waals surface area (Å²) in [6.07, 6.45) is 2.65. The van der Waals surface area contributed by atoms with Crippen molar-refractivity contribution in [2.45, 2.75) is 26.7 Å². The second-order valence-corrected chi connectivity index (χ2v) is 8.08. The number of nitrogens with zero attached hydrogens (tertiary/aromatic N) is 3. The maximum absolute atomic E-state index is 14.5. The van der Waals surface area contributed by atoms with Gasteiger partial charge in [-0.2, -0.15) is 5.26 Å². The summed E-state index contributed by atoms with van der Waals surface area (Å²) in [5, 5.41) is 11.9. The number of fused-ring (bicyclic) bond motifs is 1. The molecule has 2 aromatic carbocycles. The molecule has 0 saturated carbocycles. The highest BCUT2D eigenvalue weighted by Gasteiger charge is 2.30. The summed E-state index contributed by atoms with van der Waals surface area (Å²) >= 11 is 0. The van der Waals surface area contributed by atoms with Crippen LogP contribution in [0.2, 0.25) is 0 Å². The van der Waals surface area contributed by atoms with Crippen LogP contribution >= 0.6 is 0 Å². The summed E-state index contributed by atoms with van der Waals surface area (Å²) in [7, 11) is 1.46. The van der Waals surface area contributed by atoms with Crippen LogP contribution in [0, 0.1) is 31.0 Å². The van der Waals surface area contributed by atoms with Crippen LogP contribution in [-0.2, 0) is 12.8 Å². The predicted octanol–water partition coefficient (Wildman–Crippen LogP) is 3.86. The average Bonchev–Trinajstić information content (AvgIpc) is 2.82. The van der Waals surface area contributed by atoms with Crippen LogP contribution in [0.25, 0.3) is 0 Å². The number of hydrogen-bond donors (Lipinski definition) is 1. The van der Waals surface area contributed by atoms with Gasteiger partial charge in [-0.05, 0) is 84.8 Å². The Labute approximate surface area is 191 Å². The van der Waals surface area contributed by atoms with E-state index < -0.39 is 11.7 Å². The van der Waals surface area contributed by atoms with Gasteiger partial charge in [0, 0.05) is 25.4 Å². The minimum absolute atomic E-state index is 0.00549. The van der Waals surface area contributed by atoms with Crippen molar-refractivity contribution in [3.63, 3.8) is 0 Å². The van der Waals surface area contributed by atoms with Crippen LogP contribution in [0.1, 0.15) is 54.1 Å². The van der Waals surface area contributed by atoms with Gasteiger partial charge in [-0.1, -0.05) is 6.07 Å². The zero-order valence-corrected chi connectivity index (χ0v) is 18.7. The van der Waals surface area contributed by atoms with Gasteiger partial charge in [0.1, 0.15) is 11.9 Å². The van der Waals surface area contributed by atoms with Gasteiger partial charge in [-0.3, -0.25) is 14.5 Å². The Bertz CT molecular complexity index is 1330. The molecule has 1 N–H and O–H groups in total. The lowest BCUT2D eigenvalue weighted by molar-refractivity contribution is 0.0956. The number of carbonyl (C=O) groups excluding carboxylic acids is 2. The molecule has 0 atom stereocenters. The number of nitrogens with one attached hydrogen (secondary N) is 1. The predicted molar refractivity (Wildman–Crippen MR) is 123 cm³/mol. The van der Waals surface area contributed by atoms with Crippen LogP contribution in [0.3, 0.4) is 0 Å². The minimum Gasteiger partial charge on any atom is -0.355 e. The first-order valence-electron chi connectivity index (χ1n) is 10.6. The topological polar surface area (TPSA) is 86.1 Å². The fourth-order valence-electron chi connectivity index (χ4n) is 4.31. The molecule has 0 unspecified atom stereocenters. The Morgan fingerprint density at radius 1 is 1.24 bits per heavy atom. The number of hydrogen-bond acceptors (Lipinski definition) is 4. The molecule has 0 aliphatic carbocycles. The largest absolute Gasteiger partial charge is 0.355 e. The first kappa shape index (κ1) is 22.2. The van der Waals surface area contributed by atoms with Crippen LogP contribution in [0.4, 0.5) is 10.2 Å². The van der Waals surface area contributed by atoms with Gasteiger partial charge >= 0.3 is 0 Å². The third kappa shape index (κ3) is 3.96. The normalized spacial score (nSPS) is 12.8. The molecule has 6 nitrogen and oxygen atoms in total. The standard InChI is InChI=1S/C26H23FN4O2/c1-15-16(2)20-8-10-31(24-18(14-28)5-4-9-30-24)26(33)22(20)13-19(15)11-17-6-7-21(23(27)12-17)25(32)29-3/h4-7,9,12-13H,8,10-11H2,1-3H3,(H,29,32). The fourth-order valence-corrected chi connectivity index (χ4v) is 4.31. The number of aromatic nitrogens is 1. The Morgan fingerprint density at radius 2 is 2.03 bits per heavy atom. The fraction of sp³-hybridized carbons (Fsp3) is 0.231. The summed E-state index contributed by atoms with van der Waals surface area (Å²) in [6.45, 7) is 4.45. The number of carbonyl (C=O) groups is 2. The summed E-state index contributed by atoms with van der Waals surface area (Å²) in [5.74, 6) is -0.892. The summed E-state index contributed by atoms with van der Waals surface area (Å²) in [4.78, 5) is 31.0. The van der Waals surface area contributed by atoms with Gasteiger partial charge in [0.15, 0.2) is 5.82 Å². The molecular formula is C26H23FN4O2. The lowest BCUT2D eigenvalue weighted by Crippen LogP contribution is -2.39. The molecule has 0 fully saturated rings. The van der Waals surface area contributed by atoms with Crippen molar-refractivity contribution in [3.8, 4) is 6.07 Å². The molecule has 0 spiro atoms. The molecule has 0 saturated heterocycles. The number of benzene rings is 2. The van der Waals surface area contributed by atoms with Gasteiger partial charge in [0.25, 0.3) is 11.8 Å². The summed E-state index contributed by atoms with van der Waals surface area (Å²) in [6, 6.07) is 11.8. The number of nitriles is 1. The monoisotopic (exact) mass is 442 g/mol. The van der Waals surface area contributed by atoms with Crippen molar-refractivity contribution in [1.82, 2.24) is 10.3 Å². The van der Waals surface area contributed by atoms with E-state index in [1.807, 2.05) is 19.9 Å². The van der Waals surface area contributed by atoms with Gasteiger partial charge in [0.05, 0.1) is 11.1 Å². The van der Waals surface area contributed by atoms with E-state index in [-0.39, 0.29) is 11.5 Å². The number of halogens is 1. The van der Waals surface area contributed by atoms with E-state index in [1.165, 1.54) is 19.2 Å². The van der Waals surface area contributed by atoms with Crippen molar-refractivity contribution >= 4 is 17.6 Å². The summed E-state index contributed by atoms with van der Waals surface area (Å²) < 4.78 is 14.5. The molecule has 1 aliphatic heterocycles. The smallest absolute Gasteiger partial charge is 0.259 e. The van der Waals surface area contributed by atoms with Crippen molar-refractivity contribution < 1.29 is 14.0 Å². The molecule has 1 aliphatic rings. The molecule has 0 bridgehead atoms. The SMILES string of the molecule is CNC(=O)c1ccc(Cc2cc3c(c(C)c2C)CCN(c2ncccc2C#N)C3=O)cc1F. The van der Waals surface area contributed by atoms with Gasteiger partial charge < -0.3 is 5.32 Å². The number of anilines is 1. The van der Waals surface area contributed by atoms with E-state index in [2.05, 4.69) is 16.4 Å². The van der Waals surface area contributed by atoms with E-state index in [1.54, 1.807) is 29.3 Å². The second-order valence-electron chi connectivity index (χ2n) is 8.08. The zero-order chi connectivity index (χ0) is 23.7. The lowest BCUT2D eigenvalue weighted by Gasteiger charge is -2.30. The Balaban J connectivity index is 1.71. The number of amides is 2. The number of pyridine rings is 1. The zero-order valence-electron chi connectivity index (χ0n) is 18.7. The van der Waals surface area contributed by atoms with E-state index in [0.29, 0.717) is 41.9 Å². The molecule has 2 amide bonds. The van der Waals surface area contributed by atoms with Crippen molar-refractivity contribution in [1.29, 1.82) is 5.26 Å². The van der Waals surface area contributed by atoms with E-state index in [0.717, 1.165) is 22.3 Å². The van der Waals surface area contributed by atoms with Crippen molar-refractivity contribution in [2.24, 2.45) is 0 Å². The second kappa shape index (κ2) is 8.83. The molecule has 3 aromatic rings. The number of rotatable bonds is 4. The highest BCUT2D eigenvalue weighted by molar-refractivity contribution is 6.08.